The van der Waals surface area contributed by atoms with E-state index in [-0.39, 0.29) is 23.8 Å². The van der Waals surface area contributed by atoms with E-state index in [1.54, 1.807) is 6.08 Å². The van der Waals surface area contributed by atoms with Crippen LogP contribution >= 0.6 is 0 Å². The van der Waals surface area contributed by atoms with E-state index in [0.717, 1.165) is 31.4 Å². The molecule has 0 aliphatic carbocycles. The van der Waals surface area contributed by atoms with Gasteiger partial charge in [0.2, 0.25) is 5.91 Å². The summed E-state index contributed by atoms with van der Waals surface area (Å²) in [6.07, 6.45) is 3.95. The summed E-state index contributed by atoms with van der Waals surface area (Å²) < 4.78 is 5.61. The molecular weight excluding hydrogens is 328 g/mol. The SMILES string of the molecule is C=CCN1CC[C@@]2(CN(C(=O)[C@@H]3CCCO3)C[C@@H]2c2ccccc2)C1=O. The van der Waals surface area contributed by atoms with Gasteiger partial charge in [-0.2, -0.15) is 0 Å². The summed E-state index contributed by atoms with van der Waals surface area (Å²) >= 11 is 0. The topological polar surface area (TPSA) is 49.9 Å². The molecule has 3 aliphatic rings. The molecule has 2 amide bonds. The van der Waals surface area contributed by atoms with Crippen LogP contribution in [0.2, 0.25) is 0 Å². The van der Waals surface area contributed by atoms with Crippen LogP contribution in [0.1, 0.15) is 30.7 Å². The van der Waals surface area contributed by atoms with Gasteiger partial charge >= 0.3 is 0 Å². The molecular formula is C21H26N2O3. The zero-order valence-electron chi connectivity index (χ0n) is 15.1. The van der Waals surface area contributed by atoms with Crippen LogP contribution in [-0.2, 0) is 14.3 Å². The van der Waals surface area contributed by atoms with E-state index in [1.165, 1.54) is 0 Å². The van der Waals surface area contributed by atoms with Crippen LogP contribution in [0.25, 0.3) is 0 Å². The second-order valence-electron chi connectivity index (χ2n) is 7.63. The van der Waals surface area contributed by atoms with Gasteiger partial charge in [-0.3, -0.25) is 9.59 Å². The van der Waals surface area contributed by atoms with Crippen molar-refractivity contribution in [2.75, 3.05) is 32.8 Å². The van der Waals surface area contributed by atoms with Gasteiger partial charge in [-0.05, 0) is 24.8 Å². The Kier molecular flexibility index (Phi) is 4.57. The highest BCUT2D eigenvalue weighted by Crippen LogP contribution is 2.50. The molecule has 3 atom stereocenters. The molecule has 0 unspecified atom stereocenters. The molecule has 0 bridgehead atoms. The van der Waals surface area contributed by atoms with Gasteiger partial charge in [-0.25, -0.2) is 0 Å². The first-order valence-corrected chi connectivity index (χ1v) is 9.51. The average Bonchev–Trinajstić information content (AvgIpc) is 3.39. The van der Waals surface area contributed by atoms with Crippen molar-refractivity contribution in [3.63, 3.8) is 0 Å². The Labute approximate surface area is 154 Å². The Balaban J connectivity index is 1.65. The van der Waals surface area contributed by atoms with Gasteiger partial charge in [0, 0.05) is 38.7 Å². The number of rotatable bonds is 4. The molecule has 1 spiro atoms. The molecule has 0 N–H and O–H groups in total. The Bertz CT molecular complexity index is 698. The second kappa shape index (κ2) is 6.88. The number of hydrogen-bond acceptors (Lipinski definition) is 3. The van der Waals surface area contributed by atoms with Crippen molar-refractivity contribution in [3.05, 3.63) is 48.6 Å². The van der Waals surface area contributed by atoms with E-state index in [1.807, 2.05) is 28.0 Å². The van der Waals surface area contributed by atoms with Gasteiger partial charge in [0.1, 0.15) is 6.10 Å². The Morgan fingerprint density at radius 1 is 1.35 bits per heavy atom. The van der Waals surface area contributed by atoms with Gasteiger partial charge in [-0.1, -0.05) is 36.4 Å². The predicted molar refractivity (Wildman–Crippen MR) is 98.6 cm³/mol. The molecule has 5 heteroatoms. The van der Waals surface area contributed by atoms with Crippen LogP contribution in [0.15, 0.2) is 43.0 Å². The van der Waals surface area contributed by atoms with Crippen LogP contribution in [0.5, 0.6) is 0 Å². The molecule has 1 aromatic rings. The van der Waals surface area contributed by atoms with Crippen LogP contribution in [0.4, 0.5) is 0 Å². The van der Waals surface area contributed by atoms with Gasteiger partial charge in [0.25, 0.3) is 5.91 Å². The minimum absolute atomic E-state index is 0.0383. The molecule has 3 aliphatic heterocycles. The number of nitrogens with zero attached hydrogens (tertiary/aromatic N) is 2. The van der Waals surface area contributed by atoms with E-state index < -0.39 is 5.41 Å². The maximum absolute atomic E-state index is 13.3. The zero-order chi connectivity index (χ0) is 18.1. The van der Waals surface area contributed by atoms with Crippen LogP contribution in [0, 0.1) is 5.41 Å². The first kappa shape index (κ1) is 17.3. The second-order valence-corrected chi connectivity index (χ2v) is 7.63. The minimum Gasteiger partial charge on any atom is -0.368 e. The fraction of sp³-hybridized carbons (Fsp3) is 0.524. The highest BCUT2D eigenvalue weighted by atomic mass is 16.5. The third kappa shape index (κ3) is 2.75. The van der Waals surface area contributed by atoms with Crippen LogP contribution in [-0.4, -0.2) is 60.5 Å². The highest BCUT2D eigenvalue weighted by Gasteiger charge is 2.58. The van der Waals surface area contributed by atoms with E-state index >= 15 is 0 Å². The average molecular weight is 354 g/mol. The quantitative estimate of drug-likeness (QED) is 0.779. The molecule has 138 valence electrons. The fourth-order valence-corrected chi connectivity index (χ4v) is 4.82. The van der Waals surface area contributed by atoms with Crippen LogP contribution < -0.4 is 0 Å². The molecule has 1 aromatic carbocycles. The molecule has 3 saturated heterocycles. The minimum atomic E-state index is -0.515. The first-order chi connectivity index (χ1) is 12.7. The van der Waals surface area contributed by atoms with Gasteiger partial charge in [0.05, 0.1) is 5.41 Å². The smallest absolute Gasteiger partial charge is 0.251 e. The Morgan fingerprint density at radius 2 is 2.15 bits per heavy atom. The van der Waals surface area contributed by atoms with Gasteiger partial charge in [-0.15, -0.1) is 6.58 Å². The molecule has 0 saturated carbocycles. The Morgan fingerprint density at radius 3 is 2.85 bits per heavy atom. The number of carbonyl (C=O) groups is 2. The largest absolute Gasteiger partial charge is 0.368 e. The van der Waals surface area contributed by atoms with Crippen molar-refractivity contribution in [2.24, 2.45) is 5.41 Å². The monoisotopic (exact) mass is 354 g/mol. The number of carbonyl (C=O) groups excluding carboxylic acids is 2. The Hall–Kier alpha value is -2.14. The maximum Gasteiger partial charge on any atom is 0.251 e. The van der Waals surface area contributed by atoms with E-state index in [4.69, 9.17) is 4.74 Å². The fourth-order valence-electron chi connectivity index (χ4n) is 4.82. The summed E-state index contributed by atoms with van der Waals surface area (Å²) in [7, 11) is 0. The van der Waals surface area contributed by atoms with Crippen molar-refractivity contribution >= 4 is 11.8 Å². The van der Waals surface area contributed by atoms with Gasteiger partial charge in [0.15, 0.2) is 0 Å². The number of likely N-dealkylation sites (tertiary alicyclic amines) is 2. The van der Waals surface area contributed by atoms with Gasteiger partial charge < -0.3 is 14.5 Å². The summed E-state index contributed by atoms with van der Waals surface area (Å²) in [6.45, 7) is 6.82. The summed E-state index contributed by atoms with van der Waals surface area (Å²) in [5, 5.41) is 0. The summed E-state index contributed by atoms with van der Waals surface area (Å²) in [5.41, 5.74) is 0.627. The lowest BCUT2D eigenvalue weighted by Crippen LogP contribution is -2.42. The van der Waals surface area contributed by atoms with Crippen molar-refractivity contribution in [1.29, 1.82) is 0 Å². The third-order valence-electron chi connectivity index (χ3n) is 6.15. The van der Waals surface area contributed by atoms with Crippen molar-refractivity contribution in [1.82, 2.24) is 9.80 Å². The highest BCUT2D eigenvalue weighted by molar-refractivity contribution is 5.89. The predicted octanol–water partition coefficient (Wildman–Crippen LogP) is 2.20. The van der Waals surface area contributed by atoms with Crippen molar-refractivity contribution in [3.8, 4) is 0 Å². The number of ether oxygens (including phenoxy) is 1. The molecule has 26 heavy (non-hydrogen) atoms. The first-order valence-electron chi connectivity index (χ1n) is 9.51. The third-order valence-corrected chi connectivity index (χ3v) is 6.15. The van der Waals surface area contributed by atoms with Crippen LogP contribution in [0.3, 0.4) is 0 Å². The maximum atomic E-state index is 13.3. The van der Waals surface area contributed by atoms with Crippen molar-refractivity contribution < 1.29 is 14.3 Å². The lowest BCUT2D eigenvalue weighted by atomic mass is 9.73. The summed E-state index contributed by atoms with van der Waals surface area (Å²) in [6, 6.07) is 10.2. The summed E-state index contributed by atoms with van der Waals surface area (Å²) in [4.78, 5) is 30.0. The normalized spacial score (nSPS) is 31.2. The molecule has 5 nitrogen and oxygen atoms in total. The standard InChI is InChI=1S/C21H26N2O3/c1-2-11-22-12-10-21(20(22)25)15-23(19(24)18-9-6-13-26-18)14-17(21)16-7-4-3-5-8-16/h2-5,7-8,17-18H,1,6,9-15H2/t17-,18+,21+/m1/s1. The molecule has 0 aromatic heterocycles. The number of amides is 2. The lowest BCUT2D eigenvalue weighted by Gasteiger charge is -2.28. The van der Waals surface area contributed by atoms with E-state index in [9.17, 15) is 9.59 Å². The molecule has 4 rings (SSSR count). The summed E-state index contributed by atoms with van der Waals surface area (Å²) in [5.74, 6) is 0.250. The number of hydrogen-bond donors (Lipinski definition) is 0. The molecule has 3 heterocycles. The molecule has 0 radical (unpaired) electrons. The van der Waals surface area contributed by atoms with E-state index in [2.05, 4.69) is 18.7 Å². The van der Waals surface area contributed by atoms with E-state index in [0.29, 0.717) is 26.2 Å². The number of benzene rings is 1. The zero-order valence-corrected chi connectivity index (χ0v) is 15.1. The lowest BCUT2D eigenvalue weighted by molar-refractivity contribution is -0.141. The molecule has 3 fully saturated rings. The van der Waals surface area contributed by atoms with Crippen molar-refractivity contribution in [2.45, 2.75) is 31.3 Å².